The van der Waals surface area contributed by atoms with E-state index in [-0.39, 0.29) is 17.4 Å². The van der Waals surface area contributed by atoms with E-state index in [1.807, 2.05) is 71.0 Å². The summed E-state index contributed by atoms with van der Waals surface area (Å²) < 4.78 is 1.04. The Hall–Kier alpha value is -1.79. The second kappa shape index (κ2) is 11.7. The molecule has 0 aromatic heterocycles. The van der Waals surface area contributed by atoms with Crippen LogP contribution >= 0.6 is 27.7 Å². The zero-order valence-electron chi connectivity index (χ0n) is 19.1. The third-order valence-corrected chi connectivity index (χ3v) is 6.28. The van der Waals surface area contributed by atoms with Crippen LogP contribution in [0.3, 0.4) is 0 Å². The zero-order chi connectivity index (χ0) is 23.0. The molecule has 6 heteroatoms. The molecule has 0 heterocycles. The van der Waals surface area contributed by atoms with Crippen LogP contribution in [0, 0.1) is 6.92 Å². The van der Waals surface area contributed by atoms with Gasteiger partial charge in [-0.15, -0.1) is 11.8 Å². The van der Waals surface area contributed by atoms with E-state index in [1.165, 1.54) is 11.1 Å². The van der Waals surface area contributed by atoms with Gasteiger partial charge in [0.2, 0.25) is 11.8 Å². The summed E-state index contributed by atoms with van der Waals surface area (Å²) in [6, 6.07) is 15.7. The van der Waals surface area contributed by atoms with Gasteiger partial charge >= 0.3 is 0 Å². The molecule has 2 aromatic rings. The molecule has 0 saturated heterocycles. The van der Waals surface area contributed by atoms with Gasteiger partial charge in [-0.3, -0.25) is 9.59 Å². The average Bonchev–Trinajstić information content (AvgIpc) is 2.69. The summed E-state index contributed by atoms with van der Waals surface area (Å²) in [7, 11) is 0. The Labute approximate surface area is 199 Å². The van der Waals surface area contributed by atoms with Gasteiger partial charge in [0.1, 0.15) is 6.04 Å². The van der Waals surface area contributed by atoms with Gasteiger partial charge in [-0.05, 0) is 57.4 Å². The number of aryl methyl sites for hydroxylation is 1. The van der Waals surface area contributed by atoms with Gasteiger partial charge in [-0.2, -0.15) is 0 Å². The number of benzene rings is 2. The number of hydrogen-bond acceptors (Lipinski definition) is 3. The number of rotatable bonds is 9. The molecule has 0 aliphatic carbocycles. The largest absolute Gasteiger partial charge is 0.350 e. The molecule has 0 saturated carbocycles. The summed E-state index contributed by atoms with van der Waals surface area (Å²) in [4.78, 5) is 28.0. The highest BCUT2D eigenvalue weighted by Gasteiger charge is 2.30. The maximum atomic E-state index is 13.2. The van der Waals surface area contributed by atoms with E-state index < -0.39 is 6.04 Å². The van der Waals surface area contributed by atoms with Crippen molar-refractivity contribution >= 4 is 39.5 Å². The van der Waals surface area contributed by atoms with Crippen LogP contribution in [0.5, 0.6) is 0 Å². The lowest BCUT2D eigenvalue weighted by molar-refractivity contribution is -0.140. The number of nitrogens with one attached hydrogen (secondary N) is 1. The monoisotopic (exact) mass is 504 g/mol. The lowest BCUT2D eigenvalue weighted by Gasteiger charge is -2.33. The quantitative estimate of drug-likeness (QED) is 0.475. The van der Waals surface area contributed by atoms with E-state index in [2.05, 4.69) is 33.4 Å². The maximum absolute atomic E-state index is 13.2. The Morgan fingerprint density at radius 3 is 2.16 bits per heavy atom. The van der Waals surface area contributed by atoms with Crippen molar-refractivity contribution in [1.82, 2.24) is 10.2 Å². The summed E-state index contributed by atoms with van der Waals surface area (Å²) in [5, 5.41) is 3.04. The van der Waals surface area contributed by atoms with Gasteiger partial charge in [0.15, 0.2) is 0 Å². The van der Waals surface area contributed by atoms with E-state index in [1.54, 1.807) is 16.7 Å². The van der Waals surface area contributed by atoms with Gasteiger partial charge in [0.25, 0.3) is 0 Å². The summed E-state index contributed by atoms with van der Waals surface area (Å²) in [5.74, 6) is 0.968. The van der Waals surface area contributed by atoms with E-state index in [0.29, 0.717) is 18.7 Å². The average molecular weight is 506 g/mol. The molecule has 0 aliphatic heterocycles. The van der Waals surface area contributed by atoms with Crippen molar-refractivity contribution in [3.05, 3.63) is 69.7 Å². The normalized spacial score (nSPS) is 12.3. The fraction of sp³-hybridized carbons (Fsp3) is 0.440. The number of carbonyl (C=O) groups excluding carboxylic acids is 2. The Kier molecular flexibility index (Phi) is 9.63. The van der Waals surface area contributed by atoms with Crippen molar-refractivity contribution in [3.8, 4) is 0 Å². The molecular formula is C25H33BrN2O2S. The van der Waals surface area contributed by atoms with Crippen LogP contribution in [0.15, 0.2) is 53.0 Å². The Balaban J connectivity index is 2.14. The highest BCUT2D eigenvalue weighted by atomic mass is 79.9. The molecule has 2 aromatic carbocycles. The van der Waals surface area contributed by atoms with E-state index in [0.717, 1.165) is 15.8 Å². The first kappa shape index (κ1) is 25.5. The first-order valence-corrected chi connectivity index (χ1v) is 12.5. The third kappa shape index (κ3) is 8.69. The Bertz CT molecular complexity index is 861. The first-order valence-electron chi connectivity index (χ1n) is 10.6. The van der Waals surface area contributed by atoms with Crippen molar-refractivity contribution in [2.24, 2.45) is 0 Å². The molecule has 0 bridgehead atoms. The SMILES string of the molecule is CC[C@@H](C(=O)NC(C)(C)C)N(Cc1ccc(C)cc1)C(=O)CSCc1ccc(Br)cc1. The standard InChI is InChI=1S/C25H33BrN2O2S/c1-6-22(24(30)27-25(3,4)5)28(15-19-9-7-18(2)8-10-19)23(29)17-31-16-20-11-13-21(26)14-12-20/h7-14,22H,6,15-17H2,1-5H3,(H,27,30)/t22-/m0/s1. The van der Waals surface area contributed by atoms with Gasteiger partial charge in [0.05, 0.1) is 5.75 Å². The lowest BCUT2D eigenvalue weighted by Crippen LogP contribution is -2.53. The zero-order valence-corrected chi connectivity index (χ0v) is 21.5. The highest BCUT2D eigenvalue weighted by Crippen LogP contribution is 2.19. The molecule has 31 heavy (non-hydrogen) atoms. The highest BCUT2D eigenvalue weighted by molar-refractivity contribution is 9.10. The van der Waals surface area contributed by atoms with Crippen molar-refractivity contribution in [2.75, 3.05) is 5.75 Å². The fourth-order valence-corrected chi connectivity index (χ4v) is 4.32. The van der Waals surface area contributed by atoms with Crippen molar-refractivity contribution in [3.63, 3.8) is 0 Å². The minimum atomic E-state index is -0.499. The van der Waals surface area contributed by atoms with Crippen molar-refractivity contribution < 1.29 is 9.59 Å². The van der Waals surface area contributed by atoms with E-state index in [4.69, 9.17) is 0 Å². The van der Waals surface area contributed by atoms with Crippen LogP contribution in [0.4, 0.5) is 0 Å². The molecule has 0 aliphatic rings. The minimum absolute atomic E-state index is 0.0152. The third-order valence-electron chi connectivity index (χ3n) is 4.77. The molecule has 2 rings (SSSR count). The minimum Gasteiger partial charge on any atom is -0.350 e. The smallest absolute Gasteiger partial charge is 0.243 e. The van der Waals surface area contributed by atoms with Gasteiger partial charge in [-0.25, -0.2) is 0 Å². The van der Waals surface area contributed by atoms with Crippen LogP contribution in [-0.4, -0.2) is 34.0 Å². The van der Waals surface area contributed by atoms with Crippen LogP contribution in [-0.2, 0) is 21.9 Å². The second-order valence-electron chi connectivity index (χ2n) is 8.79. The molecule has 1 atom stereocenters. The molecule has 168 valence electrons. The molecule has 0 radical (unpaired) electrons. The summed E-state index contributed by atoms with van der Waals surface area (Å²) in [6.07, 6.45) is 0.566. The first-order chi connectivity index (χ1) is 14.6. The van der Waals surface area contributed by atoms with Crippen LogP contribution in [0.25, 0.3) is 0 Å². The van der Waals surface area contributed by atoms with Crippen molar-refractivity contribution in [2.45, 2.75) is 64.9 Å². The summed E-state index contributed by atoms with van der Waals surface area (Å²) >= 11 is 5.02. The van der Waals surface area contributed by atoms with Crippen LogP contribution in [0.1, 0.15) is 50.8 Å². The predicted molar refractivity (Wildman–Crippen MR) is 134 cm³/mol. The molecule has 0 spiro atoms. The van der Waals surface area contributed by atoms with Gasteiger partial charge in [-0.1, -0.05) is 64.8 Å². The fourth-order valence-electron chi connectivity index (χ4n) is 3.18. The molecule has 2 amide bonds. The Morgan fingerprint density at radius 2 is 1.61 bits per heavy atom. The van der Waals surface area contributed by atoms with Crippen molar-refractivity contribution in [1.29, 1.82) is 0 Å². The summed E-state index contributed by atoms with van der Waals surface area (Å²) in [5.41, 5.74) is 3.02. The maximum Gasteiger partial charge on any atom is 0.243 e. The van der Waals surface area contributed by atoms with E-state index in [9.17, 15) is 9.59 Å². The lowest BCUT2D eigenvalue weighted by atomic mass is 10.1. The molecule has 4 nitrogen and oxygen atoms in total. The molecule has 0 unspecified atom stereocenters. The van der Waals surface area contributed by atoms with Gasteiger partial charge < -0.3 is 10.2 Å². The number of carbonyl (C=O) groups is 2. The van der Waals surface area contributed by atoms with E-state index >= 15 is 0 Å². The topological polar surface area (TPSA) is 49.4 Å². The number of nitrogens with zero attached hydrogens (tertiary/aromatic N) is 1. The van der Waals surface area contributed by atoms with Gasteiger partial charge in [0, 0.05) is 22.3 Å². The predicted octanol–water partition coefficient (Wildman–Crippen LogP) is 5.71. The van der Waals surface area contributed by atoms with Crippen LogP contribution in [0.2, 0.25) is 0 Å². The van der Waals surface area contributed by atoms with Crippen LogP contribution < -0.4 is 5.32 Å². The number of amides is 2. The number of hydrogen-bond donors (Lipinski definition) is 1. The number of thioether (sulfide) groups is 1. The molecular weight excluding hydrogens is 472 g/mol. The second-order valence-corrected chi connectivity index (χ2v) is 10.7. The number of halogens is 1. The molecule has 0 fully saturated rings. The molecule has 1 N–H and O–H groups in total. The Morgan fingerprint density at radius 1 is 1.03 bits per heavy atom. The summed E-state index contributed by atoms with van der Waals surface area (Å²) in [6.45, 7) is 10.3.